The zero-order valence-corrected chi connectivity index (χ0v) is 17.3. The molecule has 0 bridgehead atoms. The van der Waals surface area contributed by atoms with E-state index in [1.165, 1.54) is 31.4 Å². The second-order valence-corrected chi connectivity index (χ2v) is 7.10. The molecule has 1 heterocycles. The Morgan fingerprint density at radius 1 is 0.933 bits per heavy atom. The van der Waals surface area contributed by atoms with Crippen molar-refractivity contribution in [1.82, 2.24) is 15.5 Å². The number of hydrogen-bond acceptors (Lipinski definition) is 5. The molecule has 4 amide bonds. The van der Waals surface area contributed by atoms with Gasteiger partial charge in [0.1, 0.15) is 12.1 Å². The van der Waals surface area contributed by atoms with E-state index in [2.05, 4.69) is 10.6 Å². The smallest absolute Gasteiger partial charge is 0.262 e. The molecule has 8 nitrogen and oxygen atoms in total. The lowest BCUT2D eigenvalue weighted by atomic mass is 10.1. The van der Waals surface area contributed by atoms with E-state index in [0.29, 0.717) is 0 Å². The third-order valence-electron chi connectivity index (χ3n) is 4.40. The number of ether oxygens (including phenoxy) is 1. The summed E-state index contributed by atoms with van der Waals surface area (Å²) in [5.41, 5.74) is 0.633. The predicted octanol–water partition coefficient (Wildman–Crippen LogP) is 2.14. The second kappa shape index (κ2) is 9.15. The van der Waals surface area contributed by atoms with Crippen LogP contribution in [0, 0.1) is 0 Å². The van der Waals surface area contributed by atoms with Crippen LogP contribution in [0.3, 0.4) is 0 Å². The number of carbonyl (C=O) groups is 4. The van der Waals surface area contributed by atoms with Crippen LogP contribution in [-0.2, 0) is 4.79 Å². The third kappa shape index (κ3) is 4.24. The largest absolute Gasteiger partial charge is 0.494 e. The first kappa shape index (κ1) is 21.6. The summed E-state index contributed by atoms with van der Waals surface area (Å²) in [4.78, 5) is 49.9. The van der Waals surface area contributed by atoms with Crippen molar-refractivity contribution in [3.05, 3.63) is 63.1 Å². The summed E-state index contributed by atoms with van der Waals surface area (Å²) in [5, 5.41) is 5.55. The number of fused-ring (bicyclic) bond motifs is 1. The molecule has 2 N–H and O–H groups in total. The summed E-state index contributed by atoms with van der Waals surface area (Å²) in [6.45, 7) is -0.249. The van der Waals surface area contributed by atoms with Gasteiger partial charge < -0.3 is 15.4 Å². The summed E-state index contributed by atoms with van der Waals surface area (Å²) >= 11 is 12.1. The van der Waals surface area contributed by atoms with Crippen LogP contribution in [0.5, 0.6) is 5.75 Å². The molecule has 156 valence electrons. The molecule has 1 aliphatic rings. The Hall–Kier alpha value is -3.10. The maximum Gasteiger partial charge on any atom is 0.262 e. The Balaban J connectivity index is 1.51. The van der Waals surface area contributed by atoms with Gasteiger partial charge in [0.05, 0.1) is 28.3 Å². The van der Waals surface area contributed by atoms with Gasteiger partial charge >= 0.3 is 0 Å². The van der Waals surface area contributed by atoms with Crippen molar-refractivity contribution >= 4 is 46.8 Å². The number of benzene rings is 2. The minimum absolute atomic E-state index is 0.0776. The van der Waals surface area contributed by atoms with Gasteiger partial charge in [-0.1, -0.05) is 35.3 Å². The van der Waals surface area contributed by atoms with Gasteiger partial charge in [-0.25, -0.2) is 0 Å². The summed E-state index contributed by atoms with van der Waals surface area (Å²) in [5.74, 6) is -1.93. The fourth-order valence-electron chi connectivity index (χ4n) is 2.99. The molecule has 0 saturated heterocycles. The van der Waals surface area contributed by atoms with Gasteiger partial charge in [-0.05, 0) is 24.3 Å². The fourth-order valence-corrected chi connectivity index (χ4v) is 3.46. The first-order chi connectivity index (χ1) is 14.3. The summed E-state index contributed by atoms with van der Waals surface area (Å²) in [6.07, 6.45) is 0. The molecule has 10 heteroatoms. The first-order valence-corrected chi connectivity index (χ1v) is 9.62. The number of methoxy groups -OCH3 is 1. The number of carbonyl (C=O) groups excluding carboxylic acids is 4. The highest BCUT2D eigenvalue weighted by Gasteiger charge is 2.36. The fraction of sp³-hybridized carbons (Fsp3) is 0.200. The van der Waals surface area contributed by atoms with E-state index in [1.54, 1.807) is 12.1 Å². The molecule has 0 radical (unpaired) electrons. The van der Waals surface area contributed by atoms with Crippen LogP contribution in [0.4, 0.5) is 0 Å². The minimum Gasteiger partial charge on any atom is -0.494 e. The van der Waals surface area contributed by atoms with Crippen LogP contribution in [0.2, 0.25) is 10.0 Å². The molecular formula is C20H17Cl2N3O5. The Labute approximate surface area is 182 Å². The maximum absolute atomic E-state index is 12.4. The minimum atomic E-state index is -0.530. The number of halogens is 2. The van der Waals surface area contributed by atoms with Gasteiger partial charge in [-0.3, -0.25) is 24.1 Å². The zero-order valence-electron chi connectivity index (χ0n) is 15.8. The summed E-state index contributed by atoms with van der Waals surface area (Å²) in [7, 11) is 1.37. The van der Waals surface area contributed by atoms with E-state index in [0.717, 1.165) is 4.90 Å². The van der Waals surface area contributed by atoms with Crippen molar-refractivity contribution in [3.63, 3.8) is 0 Å². The van der Waals surface area contributed by atoms with Gasteiger partial charge in [-0.15, -0.1) is 0 Å². The molecule has 0 saturated carbocycles. The van der Waals surface area contributed by atoms with E-state index < -0.39 is 30.2 Å². The van der Waals surface area contributed by atoms with Crippen LogP contribution in [0.15, 0.2) is 36.4 Å². The van der Waals surface area contributed by atoms with Gasteiger partial charge in [0, 0.05) is 13.1 Å². The third-order valence-corrected chi connectivity index (χ3v) is 5.02. The average Bonchev–Trinajstić information content (AvgIpc) is 2.97. The average molecular weight is 450 g/mol. The van der Waals surface area contributed by atoms with Crippen molar-refractivity contribution in [2.75, 3.05) is 26.7 Å². The van der Waals surface area contributed by atoms with E-state index in [9.17, 15) is 19.2 Å². The number of amides is 4. The number of rotatable bonds is 7. The van der Waals surface area contributed by atoms with Crippen LogP contribution >= 0.6 is 23.2 Å². The molecule has 0 aromatic heterocycles. The molecule has 0 spiro atoms. The maximum atomic E-state index is 12.4. The monoisotopic (exact) mass is 449 g/mol. The summed E-state index contributed by atoms with van der Waals surface area (Å²) in [6, 6.07) is 9.37. The van der Waals surface area contributed by atoms with E-state index in [1.807, 2.05) is 0 Å². The molecule has 0 unspecified atom stereocenters. The standard InChI is InChI=1S/C20H17Cl2N3O5/c1-30-17-14(22)7-6-13(21)16(17)18(27)24-9-8-23-15(26)10-25-19(28)11-4-2-3-5-12(11)20(25)29/h2-7H,8-10H2,1H3,(H,23,26)(H,24,27). The second-order valence-electron chi connectivity index (χ2n) is 6.29. The van der Waals surface area contributed by atoms with Crippen molar-refractivity contribution in [3.8, 4) is 5.75 Å². The van der Waals surface area contributed by atoms with Gasteiger partial charge in [-0.2, -0.15) is 0 Å². The lowest BCUT2D eigenvalue weighted by molar-refractivity contribution is -0.121. The molecule has 1 aliphatic heterocycles. The van der Waals surface area contributed by atoms with Crippen molar-refractivity contribution in [2.45, 2.75) is 0 Å². The SMILES string of the molecule is COc1c(Cl)ccc(Cl)c1C(=O)NCCNC(=O)CN1C(=O)c2ccccc2C1=O. The van der Waals surface area contributed by atoms with Crippen molar-refractivity contribution in [2.24, 2.45) is 0 Å². The highest BCUT2D eigenvalue weighted by atomic mass is 35.5. The van der Waals surface area contributed by atoms with Crippen LogP contribution in [0.25, 0.3) is 0 Å². The van der Waals surface area contributed by atoms with E-state index >= 15 is 0 Å². The van der Waals surface area contributed by atoms with Crippen LogP contribution in [-0.4, -0.2) is 55.3 Å². The number of hydrogen-bond donors (Lipinski definition) is 2. The van der Waals surface area contributed by atoms with Crippen molar-refractivity contribution in [1.29, 1.82) is 0 Å². The molecular weight excluding hydrogens is 433 g/mol. The van der Waals surface area contributed by atoms with Crippen LogP contribution < -0.4 is 15.4 Å². The normalized spacial score (nSPS) is 12.6. The lowest BCUT2D eigenvalue weighted by Crippen LogP contribution is -2.42. The number of nitrogens with zero attached hydrogens (tertiary/aromatic N) is 1. The highest BCUT2D eigenvalue weighted by Crippen LogP contribution is 2.33. The quantitative estimate of drug-likeness (QED) is 0.497. The lowest BCUT2D eigenvalue weighted by Gasteiger charge is -2.14. The Bertz CT molecular complexity index is 1010. The predicted molar refractivity (Wildman–Crippen MR) is 110 cm³/mol. The first-order valence-electron chi connectivity index (χ1n) is 8.87. The van der Waals surface area contributed by atoms with E-state index in [4.69, 9.17) is 27.9 Å². The summed E-state index contributed by atoms with van der Waals surface area (Å²) < 4.78 is 5.13. The number of imide groups is 1. The molecule has 0 atom stereocenters. The molecule has 3 rings (SSSR count). The Morgan fingerprint density at radius 3 is 2.10 bits per heavy atom. The van der Waals surface area contributed by atoms with Gasteiger partial charge in [0.2, 0.25) is 5.91 Å². The zero-order chi connectivity index (χ0) is 21.8. The molecule has 30 heavy (non-hydrogen) atoms. The number of nitrogens with one attached hydrogen (secondary N) is 2. The molecule has 0 fully saturated rings. The van der Waals surface area contributed by atoms with Crippen LogP contribution in [0.1, 0.15) is 31.1 Å². The van der Waals surface area contributed by atoms with E-state index in [-0.39, 0.29) is 45.6 Å². The Morgan fingerprint density at radius 2 is 1.50 bits per heavy atom. The molecule has 2 aromatic rings. The van der Waals surface area contributed by atoms with Crippen molar-refractivity contribution < 1.29 is 23.9 Å². The Kier molecular flexibility index (Phi) is 6.59. The topological polar surface area (TPSA) is 105 Å². The molecule has 2 aromatic carbocycles. The van der Waals surface area contributed by atoms with Gasteiger partial charge in [0.15, 0.2) is 5.75 Å². The molecule has 0 aliphatic carbocycles. The highest BCUT2D eigenvalue weighted by molar-refractivity contribution is 6.37. The van der Waals surface area contributed by atoms with Gasteiger partial charge in [0.25, 0.3) is 17.7 Å².